The monoisotopic (exact) mass is 411 g/mol. The smallest absolute Gasteiger partial charge is 0.312 e. The topological polar surface area (TPSA) is 20.3 Å². The van der Waals surface area contributed by atoms with E-state index in [1.165, 1.54) is 11.0 Å². The Balaban J connectivity index is 1.96. The molecule has 0 aromatic heterocycles. The predicted octanol–water partition coefficient (Wildman–Crippen LogP) is 5.62. The van der Waals surface area contributed by atoms with Crippen LogP contribution in [0.1, 0.15) is 30.4 Å². The van der Waals surface area contributed by atoms with Crippen LogP contribution in [0.2, 0.25) is 0 Å². The fourth-order valence-corrected chi connectivity index (χ4v) is 3.78. The molecule has 1 aliphatic heterocycles. The molecule has 1 aliphatic rings. The molecule has 6 heteroatoms. The fourth-order valence-electron chi connectivity index (χ4n) is 3.36. The van der Waals surface area contributed by atoms with E-state index in [4.69, 9.17) is 0 Å². The highest BCUT2D eigenvalue weighted by Gasteiger charge is 2.41. The molecule has 25 heavy (non-hydrogen) atoms. The molecule has 2 atom stereocenters. The second-order valence-corrected chi connectivity index (χ2v) is 7.11. The zero-order valence-corrected chi connectivity index (χ0v) is 15.1. The molecule has 1 fully saturated rings. The van der Waals surface area contributed by atoms with Crippen molar-refractivity contribution >= 4 is 27.5 Å². The Bertz CT molecular complexity index is 790. The van der Waals surface area contributed by atoms with Crippen LogP contribution in [-0.4, -0.2) is 12.5 Å². The van der Waals surface area contributed by atoms with Crippen LogP contribution in [0, 0.1) is 5.92 Å². The average Bonchev–Trinajstić information content (AvgIpc) is 2.91. The minimum atomic E-state index is -4.42. The van der Waals surface area contributed by atoms with Gasteiger partial charge in [0, 0.05) is 16.7 Å². The number of benzene rings is 2. The highest BCUT2D eigenvalue weighted by molar-refractivity contribution is 9.10. The van der Waals surface area contributed by atoms with Gasteiger partial charge in [-0.15, -0.1) is 0 Å². The van der Waals surface area contributed by atoms with E-state index in [1.54, 1.807) is 6.07 Å². The van der Waals surface area contributed by atoms with Crippen LogP contribution in [0.3, 0.4) is 0 Å². The Kier molecular flexibility index (Phi) is 4.91. The first kappa shape index (κ1) is 18.0. The van der Waals surface area contributed by atoms with Gasteiger partial charge in [-0.3, -0.25) is 4.79 Å². The minimum absolute atomic E-state index is 0.0661. The average molecular weight is 412 g/mol. The second-order valence-electron chi connectivity index (χ2n) is 6.20. The van der Waals surface area contributed by atoms with Crippen molar-refractivity contribution in [3.8, 4) is 0 Å². The largest absolute Gasteiger partial charge is 0.416 e. The zero-order chi connectivity index (χ0) is 18.2. The maximum atomic E-state index is 13.0. The molecule has 0 saturated carbocycles. The van der Waals surface area contributed by atoms with Crippen molar-refractivity contribution in [3.63, 3.8) is 0 Å². The summed E-state index contributed by atoms with van der Waals surface area (Å²) in [5.74, 6) is -0.419. The van der Waals surface area contributed by atoms with Gasteiger partial charge in [-0.1, -0.05) is 47.5 Å². The second kappa shape index (κ2) is 6.83. The van der Waals surface area contributed by atoms with Gasteiger partial charge in [-0.2, -0.15) is 13.2 Å². The number of alkyl halides is 3. The van der Waals surface area contributed by atoms with E-state index in [0.717, 1.165) is 28.6 Å². The number of nitrogens with zero attached hydrogens (tertiary/aromatic N) is 1. The van der Waals surface area contributed by atoms with Crippen LogP contribution in [0.5, 0.6) is 0 Å². The number of halogens is 4. The number of carbonyl (C=O) groups is 1. The third kappa shape index (κ3) is 3.59. The summed E-state index contributed by atoms with van der Waals surface area (Å²) in [5.41, 5.74) is 0.452. The van der Waals surface area contributed by atoms with E-state index < -0.39 is 11.7 Å². The summed E-state index contributed by atoms with van der Waals surface area (Å²) in [7, 11) is 0. The van der Waals surface area contributed by atoms with Crippen LogP contribution in [0.25, 0.3) is 0 Å². The lowest BCUT2D eigenvalue weighted by molar-refractivity contribution is -0.137. The van der Waals surface area contributed by atoms with Gasteiger partial charge in [0.2, 0.25) is 5.91 Å². The van der Waals surface area contributed by atoms with Gasteiger partial charge < -0.3 is 4.90 Å². The van der Waals surface area contributed by atoms with Crippen LogP contribution >= 0.6 is 15.9 Å². The first-order valence-electron chi connectivity index (χ1n) is 8.05. The van der Waals surface area contributed by atoms with Gasteiger partial charge in [0.25, 0.3) is 0 Å². The number of hydrogen-bond acceptors (Lipinski definition) is 1. The summed E-state index contributed by atoms with van der Waals surface area (Å²) in [6.45, 7) is 2.42. The lowest BCUT2D eigenvalue weighted by Gasteiger charge is -2.18. The van der Waals surface area contributed by atoms with Gasteiger partial charge in [-0.25, -0.2) is 0 Å². The van der Waals surface area contributed by atoms with E-state index >= 15 is 0 Å². The van der Waals surface area contributed by atoms with Crippen LogP contribution < -0.4 is 4.90 Å². The molecule has 0 radical (unpaired) electrons. The first-order valence-corrected chi connectivity index (χ1v) is 8.84. The minimum Gasteiger partial charge on any atom is -0.312 e. The van der Waals surface area contributed by atoms with E-state index in [9.17, 15) is 18.0 Å². The lowest BCUT2D eigenvalue weighted by atomic mass is 9.87. The Labute approximate surface area is 152 Å². The molecule has 0 unspecified atom stereocenters. The standard InChI is InChI=1S/C19H17BrF3NO/c1-2-12-11-24(16-8-4-6-14(10-16)19(21,22)23)18(25)17(12)13-5-3-7-15(20)9-13/h3-10,12,17H,2,11H2,1H3/t12-,17-/m1/s1. The molecule has 2 aromatic rings. The zero-order valence-electron chi connectivity index (χ0n) is 13.6. The number of rotatable bonds is 3. The van der Waals surface area contributed by atoms with Gasteiger partial charge >= 0.3 is 6.18 Å². The van der Waals surface area contributed by atoms with Crippen molar-refractivity contribution in [3.05, 3.63) is 64.1 Å². The van der Waals surface area contributed by atoms with E-state index in [0.29, 0.717) is 12.2 Å². The molecule has 1 heterocycles. The predicted molar refractivity (Wildman–Crippen MR) is 94.5 cm³/mol. The van der Waals surface area contributed by atoms with Gasteiger partial charge in [-0.05, 0) is 41.8 Å². The molecule has 2 nitrogen and oxygen atoms in total. The maximum absolute atomic E-state index is 13.0. The number of carbonyl (C=O) groups excluding carboxylic acids is 1. The molecule has 0 aliphatic carbocycles. The van der Waals surface area contributed by atoms with Gasteiger partial charge in [0.15, 0.2) is 0 Å². The number of hydrogen-bond donors (Lipinski definition) is 0. The van der Waals surface area contributed by atoms with E-state index in [2.05, 4.69) is 15.9 Å². The van der Waals surface area contributed by atoms with Crippen molar-refractivity contribution in [2.75, 3.05) is 11.4 Å². The Hall–Kier alpha value is -1.82. The van der Waals surface area contributed by atoms with Crippen molar-refractivity contribution in [1.29, 1.82) is 0 Å². The summed E-state index contributed by atoms with van der Waals surface area (Å²) in [5, 5.41) is 0. The van der Waals surface area contributed by atoms with Crippen molar-refractivity contribution in [1.82, 2.24) is 0 Å². The number of amides is 1. The summed E-state index contributed by atoms with van der Waals surface area (Å²) in [6, 6.07) is 12.5. The summed E-state index contributed by atoms with van der Waals surface area (Å²) in [6.07, 6.45) is -3.65. The van der Waals surface area contributed by atoms with Crippen LogP contribution in [0.4, 0.5) is 18.9 Å². The maximum Gasteiger partial charge on any atom is 0.416 e. The number of anilines is 1. The molecule has 1 saturated heterocycles. The summed E-state index contributed by atoms with van der Waals surface area (Å²) in [4.78, 5) is 14.5. The quantitative estimate of drug-likeness (QED) is 0.641. The van der Waals surface area contributed by atoms with E-state index in [-0.39, 0.29) is 17.7 Å². The molecular formula is C19H17BrF3NO. The summed E-state index contributed by atoms with van der Waals surface area (Å²) < 4.78 is 39.8. The Morgan fingerprint density at radius 1 is 1.16 bits per heavy atom. The van der Waals surface area contributed by atoms with Crippen LogP contribution in [0.15, 0.2) is 53.0 Å². The Morgan fingerprint density at radius 2 is 1.88 bits per heavy atom. The SMILES string of the molecule is CC[C@@H]1CN(c2cccc(C(F)(F)F)c2)C(=O)[C@H]1c1cccc(Br)c1. The Morgan fingerprint density at radius 3 is 2.52 bits per heavy atom. The van der Waals surface area contributed by atoms with Crippen molar-refractivity contribution in [2.24, 2.45) is 5.92 Å². The molecule has 2 aromatic carbocycles. The molecule has 3 rings (SSSR count). The molecule has 132 valence electrons. The molecule has 0 spiro atoms. The molecule has 0 bridgehead atoms. The van der Waals surface area contributed by atoms with Gasteiger partial charge in [0.05, 0.1) is 11.5 Å². The van der Waals surface area contributed by atoms with E-state index in [1.807, 2.05) is 31.2 Å². The van der Waals surface area contributed by atoms with Crippen molar-refractivity contribution < 1.29 is 18.0 Å². The van der Waals surface area contributed by atoms with Crippen molar-refractivity contribution in [2.45, 2.75) is 25.4 Å². The highest BCUT2D eigenvalue weighted by atomic mass is 79.9. The molecule has 1 amide bonds. The normalized spacial score (nSPS) is 21.0. The van der Waals surface area contributed by atoms with Crippen LogP contribution in [-0.2, 0) is 11.0 Å². The highest BCUT2D eigenvalue weighted by Crippen LogP contribution is 2.40. The fraction of sp³-hybridized carbons (Fsp3) is 0.316. The first-order chi connectivity index (χ1) is 11.8. The molecular weight excluding hydrogens is 395 g/mol. The third-order valence-electron chi connectivity index (χ3n) is 4.64. The molecule has 0 N–H and O–H groups in total. The lowest BCUT2D eigenvalue weighted by Crippen LogP contribution is -2.26. The van der Waals surface area contributed by atoms with Gasteiger partial charge in [0.1, 0.15) is 0 Å². The third-order valence-corrected chi connectivity index (χ3v) is 5.13. The summed E-state index contributed by atoms with van der Waals surface area (Å²) >= 11 is 3.41.